The Kier molecular flexibility index (Phi) is 4.61. The second-order valence-electron chi connectivity index (χ2n) is 4.04. The number of rotatable bonds is 6. The maximum atomic E-state index is 12.2. The number of nitrogens with one attached hydrogen (secondary N) is 1. The van der Waals surface area contributed by atoms with Crippen LogP contribution in [0.15, 0.2) is 35.8 Å². The first kappa shape index (κ1) is 12.9. The van der Waals surface area contributed by atoms with Crippen LogP contribution in [-0.2, 0) is 12.8 Å². The predicted molar refractivity (Wildman–Crippen MR) is 74.2 cm³/mol. The fourth-order valence-corrected chi connectivity index (χ4v) is 2.46. The summed E-state index contributed by atoms with van der Waals surface area (Å²) in [7, 11) is 1.92. The minimum atomic E-state index is 0.150. The molecule has 1 heterocycles. The first-order chi connectivity index (χ1) is 8.81. The van der Waals surface area contributed by atoms with Gasteiger partial charge in [-0.15, -0.1) is 11.3 Å². The van der Waals surface area contributed by atoms with E-state index in [1.807, 2.05) is 36.7 Å². The van der Waals surface area contributed by atoms with Gasteiger partial charge in [0, 0.05) is 17.1 Å². The third kappa shape index (κ3) is 3.24. The molecule has 0 saturated heterocycles. The Labute approximate surface area is 111 Å². The molecule has 0 radical (unpaired) electrons. The molecule has 0 aliphatic rings. The zero-order valence-electron chi connectivity index (χ0n) is 10.3. The second kappa shape index (κ2) is 6.42. The number of ketones is 1. The Hall–Kier alpha value is -1.52. The highest BCUT2D eigenvalue weighted by Crippen LogP contribution is 2.14. The van der Waals surface area contributed by atoms with Gasteiger partial charge in [0.15, 0.2) is 5.78 Å². The van der Waals surface area contributed by atoms with Crippen molar-refractivity contribution in [3.8, 4) is 0 Å². The number of carbonyl (C=O) groups excluding carboxylic acids is 1. The van der Waals surface area contributed by atoms with E-state index in [9.17, 15) is 4.79 Å². The van der Waals surface area contributed by atoms with E-state index in [4.69, 9.17) is 0 Å². The average Bonchev–Trinajstić information content (AvgIpc) is 2.89. The van der Waals surface area contributed by atoms with E-state index in [2.05, 4.69) is 10.3 Å². The summed E-state index contributed by atoms with van der Waals surface area (Å²) < 4.78 is 0. The highest BCUT2D eigenvalue weighted by Gasteiger charge is 2.12. The Balaban J connectivity index is 2.13. The number of nitrogens with zero attached hydrogens (tertiary/aromatic N) is 1. The Morgan fingerprint density at radius 2 is 2.22 bits per heavy atom. The van der Waals surface area contributed by atoms with Gasteiger partial charge in [0.1, 0.15) is 5.01 Å². The number of likely N-dealkylation sites (N-methyl/N-ethyl adjacent to an activating group) is 1. The van der Waals surface area contributed by atoms with Crippen molar-refractivity contribution < 1.29 is 4.79 Å². The van der Waals surface area contributed by atoms with Crippen molar-refractivity contribution >= 4 is 17.1 Å². The minimum absolute atomic E-state index is 0.150. The lowest BCUT2D eigenvalue weighted by Gasteiger charge is -2.07. The molecule has 0 spiro atoms. The van der Waals surface area contributed by atoms with Crippen LogP contribution in [-0.4, -0.2) is 24.4 Å². The van der Waals surface area contributed by atoms with E-state index < -0.39 is 0 Å². The number of thiazole rings is 1. The van der Waals surface area contributed by atoms with Crippen LogP contribution in [0.4, 0.5) is 0 Å². The molecule has 1 aromatic heterocycles. The smallest absolute Gasteiger partial charge is 0.169 e. The van der Waals surface area contributed by atoms with Crippen LogP contribution in [0.3, 0.4) is 0 Å². The maximum absolute atomic E-state index is 12.2. The summed E-state index contributed by atoms with van der Waals surface area (Å²) in [6.45, 7) is 0.877. The average molecular weight is 260 g/mol. The molecule has 0 unspecified atom stereocenters. The van der Waals surface area contributed by atoms with E-state index in [0.29, 0.717) is 6.42 Å². The summed E-state index contributed by atoms with van der Waals surface area (Å²) in [5.41, 5.74) is 1.93. The van der Waals surface area contributed by atoms with Gasteiger partial charge in [-0.2, -0.15) is 0 Å². The third-order valence-electron chi connectivity index (χ3n) is 2.76. The van der Waals surface area contributed by atoms with Gasteiger partial charge < -0.3 is 5.32 Å². The summed E-state index contributed by atoms with van der Waals surface area (Å²) >= 11 is 1.53. The molecule has 94 valence electrons. The molecular weight excluding hydrogens is 244 g/mol. The number of carbonyl (C=O) groups is 1. The Morgan fingerprint density at radius 3 is 2.94 bits per heavy atom. The number of Topliss-reactive ketones (excluding diaryl/α,β-unsaturated/α-hetero) is 1. The largest absolute Gasteiger partial charge is 0.319 e. The van der Waals surface area contributed by atoms with E-state index in [1.54, 1.807) is 6.20 Å². The summed E-state index contributed by atoms with van der Waals surface area (Å²) in [6.07, 6.45) is 3.00. The van der Waals surface area contributed by atoms with Crippen molar-refractivity contribution in [2.75, 3.05) is 13.6 Å². The van der Waals surface area contributed by atoms with Crippen LogP contribution >= 0.6 is 11.3 Å². The van der Waals surface area contributed by atoms with E-state index in [1.165, 1.54) is 11.3 Å². The normalized spacial score (nSPS) is 10.5. The summed E-state index contributed by atoms with van der Waals surface area (Å²) in [4.78, 5) is 16.4. The lowest BCUT2D eigenvalue weighted by atomic mass is 9.99. The van der Waals surface area contributed by atoms with Crippen molar-refractivity contribution in [3.63, 3.8) is 0 Å². The first-order valence-corrected chi connectivity index (χ1v) is 6.83. The van der Waals surface area contributed by atoms with Crippen LogP contribution < -0.4 is 5.32 Å². The van der Waals surface area contributed by atoms with Crippen LogP contribution in [0.2, 0.25) is 0 Å². The van der Waals surface area contributed by atoms with Gasteiger partial charge in [-0.25, -0.2) is 4.98 Å². The molecule has 0 bridgehead atoms. The van der Waals surface area contributed by atoms with Crippen molar-refractivity contribution in [3.05, 3.63) is 52.0 Å². The number of hydrogen-bond acceptors (Lipinski definition) is 4. The minimum Gasteiger partial charge on any atom is -0.319 e. The number of benzene rings is 1. The van der Waals surface area contributed by atoms with E-state index in [-0.39, 0.29) is 5.78 Å². The molecule has 2 rings (SSSR count). The van der Waals surface area contributed by atoms with Gasteiger partial charge in [-0.1, -0.05) is 24.3 Å². The van der Waals surface area contributed by atoms with Gasteiger partial charge in [0.25, 0.3) is 0 Å². The van der Waals surface area contributed by atoms with E-state index in [0.717, 1.165) is 29.1 Å². The van der Waals surface area contributed by atoms with Crippen molar-refractivity contribution in [1.82, 2.24) is 10.3 Å². The molecule has 0 aliphatic heterocycles. The van der Waals surface area contributed by atoms with Crippen LogP contribution in [0, 0.1) is 0 Å². The van der Waals surface area contributed by atoms with Gasteiger partial charge >= 0.3 is 0 Å². The molecule has 18 heavy (non-hydrogen) atoms. The van der Waals surface area contributed by atoms with Gasteiger partial charge in [0.05, 0.1) is 6.42 Å². The highest BCUT2D eigenvalue weighted by atomic mass is 32.1. The molecule has 1 N–H and O–H groups in total. The van der Waals surface area contributed by atoms with Gasteiger partial charge in [-0.05, 0) is 25.6 Å². The van der Waals surface area contributed by atoms with Crippen molar-refractivity contribution in [2.24, 2.45) is 0 Å². The van der Waals surface area contributed by atoms with Crippen LogP contribution in [0.5, 0.6) is 0 Å². The molecule has 2 aromatic rings. The summed E-state index contributed by atoms with van der Waals surface area (Å²) in [6, 6.07) is 7.82. The first-order valence-electron chi connectivity index (χ1n) is 5.95. The second-order valence-corrected chi connectivity index (χ2v) is 5.02. The monoisotopic (exact) mass is 260 g/mol. The molecule has 0 aliphatic carbocycles. The Bertz CT molecular complexity index is 508. The lowest BCUT2D eigenvalue weighted by Crippen LogP contribution is -2.14. The number of hydrogen-bond donors (Lipinski definition) is 1. The standard InChI is InChI=1S/C14H16N2OS/c1-15-7-6-11-4-2-3-5-12(11)13(17)10-14-16-8-9-18-14/h2-5,8-9,15H,6-7,10H2,1H3. The molecular formula is C14H16N2OS. The maximum Gasteiger partial charge on any atom is 0.169 e. The molecule has 3 nitrogen and oxygen atoms in total. The zero-order chi connectivity index (χ0) is 12.8. The molecule has 0 amide bonds. The fourth-order valence-electron chi connectivity index (χ4n) is 1.84. The van der Waals surface area contributed by atoms with Crippen LogP contribution in [0.25, 0.3) is 0 Å². The molecule has 0 saturated carbocycles. The van der Waals surface area contributed by atoms with Gasteiger partial charge in [-0.3, -0.25) is 4.79 Å². The molecule has 0 fully saturated rings. The zero-order valence-corrected chi connectivity index (χ0v) is 11.2. The molecule has 4 heteroatoms. The van der Waals surface area contributed by atoms with E-state index >= 15 is 0 Å². The molecule has 0 atom stereocenters. The third-order valence-corrected chi connectivity index (χ3v) is 3.54. The molecule has 1 aromatic carbocycles. The number of aromatic nitrogens is 1. The van der Waals surface area contributed by atoms with Crippen molar-refractivity contribution in [1.29, 1.82) is 0 Å². The van der Waals surface area contributed by atoms with Crippen molar-refractivity contribution in [2.45, 2.75) is 12.8 Å². The van der Waals surface area contributed by atoms with Gasteiger partial charge in [0.2, 0.25) is 0 Å². The topological polar surface area (TPSA) is 42.0 Å². The van der Waals surface area contributed by atoms with Crippen LogP contribution in [0.1, 0.15) is 20.9 Å². The SMILES string of the molecule is CNCCc1ccccc1C(=O)Cc1nccs1. The fraction of sp³-hybridized carbons (Fsp3) is 0.286. The predicted octanol–water partition coefficient (Wildman–Crippen LogP) is 2.33. The Morgan fingerprint density at radius 1 is 1.39 bits per heavy atom. The quantitative estimate of drug-likeness (QED) is 0.811. The summed E-state index contributed by atoms with van der Waals surface area (Å²) in [5.74, 6) is 0.150. The summed E-state index contributed by atoms with van der Waals surface area (Å²) in [5, 5.41) is 5.88. The lowest BCUT2D eigenvalue weighted by molar-refractivity contribution is 0.0992. The highest BCUT2D eigenvalue weighted by molar-refractivity contribution is 7.09.